The van der Waals surface area contributed by atoms with Crippen molar-refractivity contribution in [2.75, 3.05) is 32.8 Å². The van der Waals surface area contributed by atoms with E-state index in [0.717, 1.165) is 26.1 Å². The first-order valence-electron chi connectivity index (χ1n) is 8.12. The van der Waals surface area contributed by atoms with Crippen LogP contribution in [0.5, 0.6) is 0 Å². The van der Waals surface area contributed by atoms with Crippen molar-refractivity contribution in [1.82, 2.24) is 4.90 Å². The molecule has 116 valence electrons. The van der Waals surface area contributed by atoms with Crippen molar-refractivity contribution in [3.63, 3.8) is 0 Å². The average molecular weight is 273 g/mol. The van der Waals surface area contributed by atoms with Gasteiger partial charge in [-0.1, -0.05) is 46.5 Å². The van der Waals surface area contributed by atoms with Crippen molar-refractivity contribution in [3.8, 4) is 0 Å². The molecule has 0 aliphatic carbocycles. The van der Waals surface area contributed by atoms with Gasteiger partial charge in [-0.3, -0.25) is 0 Å². The van der Waals surface area contributed by atoms with Crippen LogP contribution in [0.3, 0.4) is 0 Å². The Morgan fingerprint density at radius 3 is 1.58 bits per heavy atom. The van der Waals surface area contributed by atoms with Crippen LogP contribution in [0.4, 0.5) is 0 Å². The number of hydrogen-bond donors (Lipinski definition) is 2. The zero-order valence-corrected chi connectivity index (χ0v) is 13.3. The normalized spacial score (nSPS) is 12.3. The van der Waals surface area contributed by atoms with Gasteiger partial charge in [0.2, 0.25) is 0 Å². The van der Waals surface area contributed by atoms with Crippen LogP contribution in [0.25, 0.3) is 0 Å². The molecule has 0 heterocycles. The second-order valence-electron chi connectivity index (χ2n) is 5.86. The Kier molecular flexibility index (Phi) is 11.6. The second kappa shape index (κ2) is 11.7. The molecule has 0 unspecified atom stereocenters. The number of nitrogens with zero attached hydrogens (tertiary/aromatic N) is 1. The summed E-state index contributed by atoms with van der Waals surface area (Å²) in [6.07, 6.45) is 8.28. The van der Waals surface area contributed by atoms with E-state index in [1.165, 1.54) is 38.5 Å². The van der Waals surface area contributed by atoms with Gasteiger partial charge in [-0.05, 0) is 32.4 Å². The Bertz CT molecular complexity index is 175. The number of aliphatic hydroxyl groups excluding tert-OH is 2. The number of rotatable bonds is 13. The molecule has 0 spiro atoms. The maximum Gasteiger partial charge on any atom is 0.0521 e. The second-order valence-corrected chi connectivity index (χ2v) is 5.86. The Labute approximate surface area is 120 Å². The molecule has 0 aliphatic heterocycles. The van der Waals surface area contributed by atoms with Gasteiger partial charge in [-0.2, -0.15) is 0 Å². The van der Waals surface area contributed by atoms with Crippen LogP contribution < -0.4 is 0 Å². The lowest BCUT2D eigenvalue weighted by Gasteiger charge is -2.35. The lowest BCUT2D eigenvalue weighted by atomic mass is 9.86. The standard InChI is InChI=1S/C16H35NO2/c1-4-7-9-11-17(12-10-8-5-2)13-16(6-3,14-18)15-19/h18-19H,4-15H2,1-3H3. The van der Waals surface area contributed by atoms with E-state index in [4.69, 9.17) is 0 Å². The van der Waals surface area contributed by atoms with E-state index >= 15 is 0 Å². The number of hydrogen-bond acceptors (Lipinski definition) is 3. The maximum atomic E-state index is 9.58. The van der Waals surface area contributed by atoms with E-state index in [0.29, 0.717) is 0 Å². The molecule has 0 aromatic carbocycles. The molecule has 3 nitrogen and oxygen atoms in total. The van der Waals surface area contributed by atoms with Crippen LogP contribution in [-0.2, 0) is 0 Å². The third-order valence-electron chi connectivity index (χ3n) is 4.14. The topological polar surface area (TPSA) is 43.7 Å². The van der Waals surface area contributed by atoms with Gasteiger partial charge in [-0.25, -0.2) is 0 Å². The van der Waals surface area contributed by atoms with Gasteiger partial charge in [0.25, 0.3) is 0 Å². The molecular formula is C16H35NO2. The highest BCUT2D eigenvalue weighted by Crippen LogP contribution is 2.22. The molecule has 0 aliphatic rings. The van der Waals surface area contributed by atoms with Gasteiger partial charge in [0.15, 0.2) is 0 Å². The summed E-state index contributed by atoms with van der Waals surface area (Å²) in [7, 11) is 0. The van der Waals surface area contributed by atoms with E-state index in [9.17, 15) is 10.2 Å². The minimum Gasteiger partial charge on any atom is -0.396 e. The molecule has 0 radical (unpaired) electrons. The van der Waals surface area contributed by atoms with Crippen molar-refractivity contribution in [2.24, 2.45) is 5.41 Å². The summed E-state index contributed by atoms with van der Waals surface area (Å²) in [6, 6.07) is 0. The molecule has 19 heavy (non-hydrogen) atoms. The fraction of sp³-hybridized carbons (Fsp3) is 1.00. The van der Waals surface area contributed by atoms with Crippen molar-refractivity contribution in [3.05, 3.63) is 0 Å². The molecule has 0 aromatic heterocycles. The van der Waals surface area contributed by atoms with E-state index in [1.807, 2.05) is 0 Å². The van der Waals surface area contributed by atoms with Crippen LogP contribution >= 0.6 is 0 Å². The third kappa shape index (κ3) is 7.91. The fourth-order valence-corrected chi connectivity index (χ4v) is 2.40. The third-order valence-corrected chi connectivity index (χ3v) is 4.14. The summed E-state index contributed by atoms with van der Waals surface area (Å²) in [5.41, 5.74) is -0.321. The first kappa shape index (κ1) is 18.9. The molecule has 0 saturated heterocycles. The molecule has 0 amide bonds. The smallest absolute Gasteiger partial charge is 0.0521 e. The Hall–Kier alpha value is -0.120. The highest BCUT2D eigenvalue weighted by molar-refractivity contribution is 4.80. The van der Waals surface area contributed by atoms with Crippen LogP contribution in [0.1, 0.15) is 65.7 Å². The van der Waals surface area contributed by atoms with Gasteiger partial charge in [0.1, 0.15) is 0 Å². The first-order chi connectivity index (χ1) is 9.17. The molecule has 3 heteroatoms. The minimum atomic E-state index is -0.321. The van der Waals surface area contributed by atoms with E-state index < -0.39 is 0 Å². The SMILES string of the molecule is CCCCCN(CCCCC)CC(CC)(CO)CO. The summed E-state index contributed by atoms with van der Waals surface area (Å²) in [5, 5.41) is 19.2. The molecular weight excluding hydrogens is 238 g/mol. The maximum absolute atomic E-state index is 9.58. The van der Waals surface area contributed by atoms with Gasteiger partial charge in [0, 0.05) is 12.0 Å². The summed E-state index contributed by atoms with van der Waals surface area (Å²) in [4.78, 5) is 2.45. The fourth-order valence-electron chi connectivity index (χ4n) is 2.40. The monoisotopic (exact) mass is 273 g/mol. The van der Waals surface area contributed by atoms with Crippen LogP contribution in [-0.4, -0.2) is 48.0 Å². The summed E-state index contributed by atoms with van der Waals surface area (Å²) in [5.74, 6) is 0. The summed E-state index contributed by atoms with van der Waals surface area (Å²) in [6.45, 7) is 9.68. The molecule has 0 fully saturated rings. The highest BCUT2D eigenvalue weighted by atomic mass is 16.3. The van der Waals surface area contributed by atoms with E-state index in [2.05, 4.69) is 25.7 Å². The largest absolute Gasteiger partial charge is 0.396 e. The van der Waals surface area contributed by atoms with Crippen molar-refractivity contribution >= 4 is 0 Å². The zero-order valence-electron chi connectivity index (χ0n) is 13.3. The highest BCUT2D eigenvalue weighted by Gasteiger charge is 2.28. The van der Waals surface area contributed by atoms with Crippen LogP contribution in [0.2, 0.25) is 0 Å². The van der Waals surface area contributed by atoms with Crippen molar-refractivity contribution in [1.29, 1.82) is 0 Å². The Morgan fingerprint density at radius 1 is 0.789 bits per heavy atom. The van der Waals surface area contributed by atoms with Gasteiger partial charge < -0.3 is 15.1 Å². The van der Waals surface area contributed by atoms with Gasteiger partial charge >= 0.3 is 0 Å². The molecule has 0 bridgehead atoms. The van der Waals surface area contributed by atoms with Crippen molar-refractivity contribution < 1.29 is 10.2 Å². The number of aliphatic hydroxyl groups is 2. The lowest BCUT2D eigenvalue weighted by molar-refractivity contribution is 0.0172. The van der Waals surface area contributed by atoms with Crippen LogP contribution in [0, 0.1) is 5.41 Å². The molecule has 0 aromatic rings. The number of unbranched alkanes of at least 4 members (excludes halogenated alkanes) is 4. The molecule has 0 atom stereocenters. The van der Waals surface area contributed by atoms with E-state index in [-0.39, 0.29) is 18.6 Å². The van der Waals surface area contributed by atoms with Crippen LogP contribution in [0.15, 0.2) is 0 Å². The zero-order chi connectivity index (χ0) is 14.6. The summed E-state index contributed by atoms with van der Waals surface area (Å²) < 4.78 is 0. The molecule has 0 rings (SSSR count). The predicted molar refractivity (Wildman–Crippen MR) is 82.4 cm³/mol. The lowest BCUT2D eigenvalue weighted by Crippen LogP contribution is -2.43. The van der Waals surface area contributed by atoms with Gasteiger partial charge in [0.05, 0.1) is 13.2 Å². The molecule has 2 N–H and O–H groups in total. The minimum absolute atomic E-state index is 0.0814. The van der Waals surface area contributed by atoms with E-state index in [1.54, 1.807) is 0 Å². The first-order valence-corrected chi connectivity index (χ1v) is 8.12. The van der Waals surface area contributed by atoms with Gasteiger partial charge in [-0.15, -0.1) is 0 Å². The Balaban J connectivity index is 4.35. The molecule has 0 saturated carbocycles. The van der Waals surface area contributed by atoms with Crippen molar-refractivity contribution in [2.45, 2.75) is 65.7 Å². The quantitative estimate of drug-likeness (QED) is 0.507. The Morgan fingerprint density at radius 2 is 1.26 bits per heavy atom. The predicted octanol–water partition coefficient (Wildman–Crippen LogP) is 3.05. The average Bonchev–Trinajstić information content (AvgIpc) is 2.45. The summed E-state index contributed by atoms with van der Waals surface area (Å²) >= 11 is 0.